The highest BCUT2D eigenvalue weighted by molar-refractivity contribution is 5.85. The molecule has 1 fully saturated rings. The van der Waals surface area contributed by atoms with E-state index < -0.39 is 5.97 Å². The average molecular weight is 293 g/mol. The summed E-state index contributed by atoms with van der Waals surface area (Å²) in [7, 11) is 1.95. The standard InChI is InChI=1S/C13H24N2O3.ClH/c1-15(10-12(16)14-9-13(17)18)11-7-5-3-2-4-6-8-11;/h11H,2-10H2,1H3,(H,14,16)(H,17,18);1H. The van der Waals surface area contributed by atoms with Gasteiger partial charge in [0.1, 0.15) is 6.54 Å². The van der Waals surface area contributed by atoms with Crippen molar-refractivity contribution in [1.82, 2.24) is 10.2 Å². The second-order valence-electron chi connectivity index (χ2n) is 5.08. The number of carboxylic acids is 1. The molecule has 0 aromatic carbocycles. The van der Waals surface area contributed by atoms with Crippen LogP contribution in [0.1, 0.15) is 44.9 Å². The van der Waals surface area contributed by atoms with Crippen LogP contribution in [0, 0.1) is 0 Å². The molecule has 112 valence electrons. The van der Waals surface area contributed by atoms with Crippen LogP contribution in [-0.2, 0) is 9.59 Å². The van der Waals surface area contributed by atoms with Crippen LogP contribution in [0.15, 0.2) is 0 Å². The molecule has 0 radical (unpaired) electrons. The first-order chi connectivity index (χ1) is 8.59. The number of rotatable bonds is 5. The predicted octanol–water partition coefficient (Wildman–Crippen LogP) is 1.65. The highest BCUT2D eigenvalue weighted by Crippen LogP contribution is 2.20. The lowest BCUT2D eigenvalue weighted by molar-refractivity contribution is -0.138. The van der Waals surface area contributed by atoms with Crippen molar-refractivity contribution in [3.63, 3.8) is 0 Å². The zero-order valence-electron chi connectivity index (χ0n) is 11.6. The van der Waals surface area contributed by atoms with Gasteiger partial charge in [-0.2, -0.15) is 0 Å². The van der Waals surface area contributed by atoms with Gasteiger partial charge in [-0.15, -0.1) is 12.4 Å². The minimum atomic E-state index is -1.00. The van der Waals surface area contributed by atoms with Crippen molar-refractivity contribution in [3.05, 3.63) is 0 Å². The quantitative estimate of drug-likeness (QED) is 0.808. The van der Waals surface area contributed by atoms with Crippen LogP contribution in [0.4, 0.5) is 0 Å². The Balaban J connectivity index is 0.00000324. The molecule has 0 atom stereocenters. The van der Waals surface area contributed by atoms with Crippen LogP contribution in [0.25, 0.3) is 0 Å². The third kappa shape index (κ3) is 8.06. The number of carbonyl (C=O) groups is 2. The smallest absolute Gasteiger partial charge is 0.322 e. The normalized spacial score (nSPS) is 17.2. The molecule has 0 bridgehead atoms. The van der Waals surface area contributed by atoms with Crippen LogP contribution in [-0.4, -0.2) is 48.1 Å². The number of carboxylic acid groups (broad SMARTS) is 1. The fourth-order valence-corrected chi connectivity index (χ4v) is 2.46. The summed E-state index contributed by atoms with van der Waals surface area (Å²) >= 11 is 0. The van der Waals surface area contributed by atoms with Crippen molar-refractivity contribution in [3.8, 4) is 0 Å². The van der Waals surface area contributed by atoms with Gasteiger partial charge in [-0.25, -0.2) is 0 Å². The Labute approximate surface area is 121 Å². The largest absolute Gasteiger partial charge is 0.480 e. The molecule has 0 aromatic heterocycles. The van der Waals surface area contributed by atoms with Gasteiger partial charge in [-0.1, -0.05) is 32.1 Å². The van der Waals surface area contributed by atoms with Crippen molar-refractivity contribution < 1.29 is 14.7 Å². The van der Waals surface area contributed by atoms with Crippen LogP contribution in [0.3, 0.4) is 0 Å². The highest BCUT2D eigenvalue weighted by Gasteiger charge is 2.18. The van der Waals surface area contributed by atoms with E-state index in [0.717, 1.165) is 12.8 Å². The Morgan fingerprint density at radius 3 is 2.21 bits per heavy atom. The monoisotopic (exact) mass is 292 g/mol. The molecule has 5 nitrogen and oxygen atoms in total. The number of likely N-dealkylation sites (N-methyl/N-ethyl adjacent to an activating group) is 1. The molecule has 1 rings (SSSR count). The minimum Gasteiger partial charge on any atom is -0.480 e. The molecule has 19 heavy (non-hydrogen) atoms. The average Bonchev–Trinajstić information content (AvgIpc) is 2.25. The molecule has 1 aliphatic rings. The van der Waals surface area contributed by atoms with E-state index in [1.54, 1.807) is 0 Å². The van der Waals surface area contributed by atoms with Crippen molar-refractivity contribution >= 4 is 24.3 Å². The van der Waals surface area contributed by atoms with Crippen molar-refractivity contribution in [2.45, 2.75) is 51.0 Å². The molecule has 6 heteroatoms. The van der Waals surface area contributed by atoms with E-state index in [-0.39, 0.29) is 31.4 Å². The summed E-state index contributed by atoms with van der Waals surface area (Å²) < 4.78 is 0. The van der Waals surface area contributed by atoms with Gasteiger partial charge in [0, 0.05) is 6.04 Å². The van der Waals surface area contributed by atoms with Gasteiger partial charge in [0.15, 0.2) is 0 Å². The second-order valence-corrected chi connectivity index (χ2v) is 5.08. The topological polar surface area (TPSA) is 69.6 Å². The van der Waals surface area contributed by atoms with E-state index in [9.17, 15) is 9.59 Å². The van der Waals surface area contributed by atoms with Crippen LogP contribution < -0.4 is 5.32 Å². The Hall–Kier alpha value is -0.810. The summed E-state index contributed by atoms with van der Waals surface area (Å²) in [5.41, 5.74) is 0. The summed E-state index contributed by atoms with van der Waals surface area (Å²) in [6.45, 7) is -0.00468. The molecular weight excluding hydrogens is 268 g/mol. The van der Waals surface area contributed by atoms with Gasteiger partial charge in [0.2, 0.25) is 5.91 Å². The minimum absolute atomic E-state index is 0. The predicted molar refractivity (Wildman–Crippen MR) is 76.6 cm³/mol. The van der Waals surface area contributed by atoms with Crippen molar-refractivity contribution in [2.75, 3.05) is 20.1 Å². The number of hydrogen-bond donors (Lipinski definition) is 2. The fourth-order valence-electron chi connectivity index (χ4n) is 2.46. The van der Waals surface area contributed by atoms with E-state index in [2.05, 4.69) is 10.2 Å². The lowest BCUT2D eigenvalue weighted by Gasteiger charge is -2.29. The second kappa shape index (κ2) is 10.0. The Bertz CT molecular complexity index is 279. The number of nitrogens with zero attached hydrogens (tertiary/aromatic N) is 1. The maximum absolute atomic E-state index is 11.5. The summed E-state index contributed by atoms with van der Waals surface area (Å²) in [5.74, 6) is -1.21. The molecule has 0 unspecified atom stereocenters. The van der Waals surface area contributed by atoms with Gasteiger partial charge in [-0.05, 0) is 19.9 Å². The van der Waals surface area contributed by atoms with Gasteiger partial charge >= 0.3 is 5.97 Å². The first kappa shape index (κ1) is 18.2. The zero-order chi connectivity index (χ0) is 13.4. The molecular formula is C13H25ClN2O3. The van der Waals surface area contributed by atoms with E-state index in [1.165, 1.54) is 32.1 Å². The molecule has 2 N–H and O–H groups in total. The molecule has 0 aliphatic heterocycles. The molecule has 1 saturated carbocycles. The number of aliphatic carboxylic acids is 1. The maximum Gasteiger partial charge on any atom is 0.322 e. The lowest BCUT2D eigenvalue weighted by atomic mass is 9.96. The summed E-state index contributed by atoms with van der Waals surface area (Å²) in [6, 6.07) is 0.459. The highest BCUT2D eigenvalue weighted by atomic mass is 35.5. The number of amides is 1. The number of nitrogens with one attached hydrogen (secondary N) is 1. The number of carbonyl (C=O) groups excluding carboxylic acids is 1. The summed E-state index contributed by atoms with van der Waals surface area (Å²) in [5, 5.41) is 10.9. The Morgan fingerprint density at radius 1 is 1.16 bits per heavy atom. The molecule has 0 heterocycles. The third-order valence-electron chi connectivity index (χ3n) is 3.53. The van der Waals surface area contributed by atoms with E-state index in [1.807, 2.05) is 7.05 Å². The van der Waals surface area contributed by atoms with Crippen LogP contribution in [0.2, 0.25) is 0 Å². The first-order valence-electron chi connectivity index (χ1n) is 6.78. The SMILES string of the molecule is CN(CC(=O)NCC(=O)O)C1CCCCCCC1.Cl. The Kier molecular flexibility index (Phi) is 9.61. The molecule has 1 amide bonds. The van der Waals surface area contributed by atoms with Crippen molar-refractivity contribution in [1.29, 1.82) is 0 Å². The maximum atomic E-state index is 11.5. The molecule has 0 spiro atoms. The van der Waals surface area contributed by atoms with Gasteiger partial charge in [0.05, 0.1) is 6.54 Å². The summed E-state index contributed by atoms with van der Waals surface area (Å²) in [6.07, 6.45) is 8.64. The van der Waals surface area contributed by atoms with E-state index in [0.29, 0.717) is 6.04 Å². The molecule has 1 aliphatic carbocycles. The van der Waals surface area contributed by atoms with Gasteiger partial charge in [0.25, 0.3) is 0 Å². The zero-order valence-corrected chi connectivity index (χ0v) is 12.4. The van der Waals surface area contributed by atoms with Gasteiger partial charge in [-0.3, -0.25) is 14.5 Å². The number of halogens is 1. The van der Waals surface area contributed by atoms with Crippen LogP contribution in [0.5, 0.6) is 0 Å². The van der Waals surface area contributed by atoms with Gasteiger partial charge < -0.3 is 10.4 Å². The fraction of sp³-hybridized carbons (Fsp3) is 0.846. The number of hydrogen-bond acceptors (Lipinski definition) is 3. The van der Waals surface area contributed by atoms with E-state index >= 15 is 0 Å². The molecule has 0 saturated heterocycles. The van der Waals surface area contributed by atoms with E-state index in [4.69, 9.17) is 5.11 Å². The van der Waals surface area contributed by atoms with Crippen LogP contribution >= 0.6 is 12.4 Å². The Morgan fingerprint density at radius 2 is 1.68 bits per heavy atom. The third-order valence-corrected chi connectivity index (χ3v) is 3.53. The summed E-state index contributed by atoms with van der Waals surface area (Å²) in [4.78, 5) is 23.9. The first-order valence-corrected chi connectivity index (χ1v) is 6.78. The molecule has 0 aromatic rings. The van der Waals surface area contributed by atoms with Crippen molar-refractivity contribution in [2.24, 2.45) is 0 Å². The lowest BCUT2D eigenvalue weighted by Crippen LogP contribution is -2.42.